The van der Waals surface area contributed by atoms with Crippen LogP contribution in [0.3, 0.4) is 0 Å². The molecular weight excluding hydrogens is 228 g/mol. The third-order valence-corrected chi connectivity index (χ3v) is 3.58. The highest BCUT2D eigenvalue weighted by atomic mass is 16.3. The van der Waals surface area contributed by atoms with Gasteiger partial charge in [-0.15, -0.1) is 0 Å². The van der Waals surface area contributed by atoms with Crippen LogP contribution in [0.2, 0.25) is 0 Å². The molecule has 0 spiro atoms. The molecule has 1 aromatic rings. The molecule has 0 aliphatic carbocycles. The predicted molar refractivity (Wildman–Crippen MR) is 70.4 cm³/mol. The van der Waals surface area contributed by atoms with Crippen LogP contribution in [0.1, 0.15) is 45.3 Å². The molecule has 1 N–H and O–H groups in total. The zero-order valence-corrected chi connectivity index (χ0v) is 12.1. The van der Waals surface area contributed by atoms with Gasteiger partial charge >= 0.3 is 0 Å². The van der Waals surface area contributed by atoms with E-state index in [1.807, 2.05) is 11.6 Å². The quantitative estimate of drug-likeness (QED) is 0.817. The highest BCUT2D eigenvalue weighted by Gasteiger charge is 2.39. The molecule has 18 heavy (non-hydrogen) atoms. The molecule has 102 valence electrons. The van der Waals surface area contributed by atoms with E-state index in [1.54, 1.807) is 0 Å². The summed E-state index contributed by atoms with van der Waals surface area (Å²) in [4.78, 5) is 6.72. The predicted octanol–water partition coefficient (Wildman–Crippen LogP) is 1.25. The van der Waals surface area contributed by atoms with E-state index in [0.29, 0.717) is 0 Å². The van der Waals surface area contributed by atoms with E-state index in [9.17, 15) is 5.11 Å². The molecular formula is C13H24N4O. The van der Waals surface area contributed by atoms with Crippen molar-refractivity contribution >= 4 is 0 Å². The SMILES string of the molecule is Cc1nc(C2(O)CCN(C)CC2)n(C(C)(C)C)n1. The lowest BCUT2D eigenvalue weighted by atomic mass is 9.90. The maximum absolute atomic E-state index is 10.9. The van der Waals surface area contributed by atoms with Gasteiger partial charge in [0.1, 0.15) is 11.4 Å². The van der Waals surface area contributed by atoms with E-state index in [-0.39, 0.29) is 5.54 Å². The van der Waals surface area contributed by atoms with Gasteiger partial charge in [0.2, 0.25) is 0 Å². The summed E-state index contributed by atoms with van der Waals surface area (Å²) in [5.74, 6) is 1.45. The van der Waals surface area contributed by atoms with Crippen LogP contribution >= 0.6 is 0 Å². The topological polar surface area (TPSA) is 54.2 Å². The number of nitrogens with zero attached hydrogens (tertiary/aromatic N) is 4. The van der Waals surface area contributed by atoms with Crippen molar-refractivity contribution < 1.29 is 5.11 Å². The van der Waals surface area contributed by atoms with Crippen molar-refractivity contribution in [3.8, 4) is 0 Å². The number of aryl methyl sites for hydroxylation is 1. The van der Waals surface area contributed by atoms with Crippen molar-refractivity contribution in [2.24, 2.45) is 0 Å². The summed E-state index contributed by atoms with van der Waals surface area (Å²) in [6.07, 6.45) is 1.44. The molecule has 5 nitrogen and oxygen atoms in total. The van der Waals surface area contributed by atoms with E-state index in [4.69, 9.17) is 0 Å². The first-order valence-electron chi connectivity index (χ1n) is 6.58. The Morgan fingerprint density at radius 3 is 2.28 bits per heavy atom. The lowest BCUT2D eigenvalue weighted by Gasteiger charge is -2.37. The Morgan fingerprint density at radius 1 is 1.22 bits per heavy atom. The Morgan fingerprint density at radius 2 is 1.78 bits per heavy atom. The molecule has 0 radical (unpaired) electrons. The second kappa shape index (κ2) is 4.31. The highest BCUT2D eigenvalue weighted by molar-refractivity contribution is 5.08. The van der Waals surface area contributed by atoms with Gasteiger partial charge in [0.25, 0.3) is 0 Å². The van der Waals surface area contributed by atoms with E-state index < -0.39 is 5.60 Å². The van der Waals surface area contributed by atoms with Crippen molar-refractivity contribution in [1.82, 2.24) is 19.7 Å². The normalized spacial score (nSPS) is 21.2. The third kappa shape index (κ3) is 2.42. The Kier molecular flexibility index (Phi) is 3.23. The molecule has 1 saturated heterocycles. The first-order chi connectivity index (χ1) is 8.22. The van der Waals surface area contributed by atoms with Crippen LogP contribution < -0.4 is 0 Å². The van der Waals surface area contributed by atoms with Crippen molar-refractivity contribution in [3.05, 3.63) is 11.6 Å². The van der Waals surface area contributed by atoms with Gasteiger partial charge in [0, 0.05) is 13.1 Å². The van der Waals surface area contributed by atoms with E-state index in [1.165, 1.54) is 0 Å². The highest BCUT2D eigenvalue weighted by Crippen LogP contribution is 2.33. The van der Waals surface area contributed by atoms with Gasteiger partial charge < -0.3 is 10.0 Å². The minimum Gasteiger partial charge on any atom is -0.382 e. The summed E-state index contributed by atoms with van der Waals surface area (Å²) in [7, 11) is 2.08. The van der Waals surface area contributed by atoms with Crippen molar-refractivity contribution in [2.45, 2.75) is 51.7 Å². The Bertz CT molecular complexity index is 425. The third-order valence-electron chi connectivity index (χ3n) is 3.58. The van der Waals surface area contributed by atoms with Crippen LogP contribution in [-0.4, -0.2) is 44.9 Å². The molecule has 1 aliphatic heterocycles. The Hall–Kier alpha value is -0.940. The average Bonchev–Trinajstić information content (AvgIpc) is 2.66. The minimum absolute atomic E-state index is 0.157. The van der Waals surface area contributed by atoms with Crippen LogP contribution in [0, 0.1) is 6.92 Å². The van der Waals surface area contributed by atoms with Gasteiger partial charge in [0.05, 0.1) is 5.54 Å². The van der Waals surface area contributed by atoms with Crippen molar-refractivity contribution in [1.29, 1.82) is 0 Å². The van der Waals surface area contributed by atoms with E-state index in [0.717, 1.165) is 37.6 Å². The van der Waals surface area contributed by atoms with Crippen LogP contribution in [-0.2, 0) is 11.1 Å². The van der Waals surface area contributed by atoms with Crippen LogP contribution in [0.4, 0.5) is 0 Å². The van der Waals surface area contributed by atoms with E-state index >= 15 is 0 Å². The van der Waals surface area contributed by atoms with Crippen LogP contribution in [0.25, 0.3) is 0 Å². The number of hydrogen-bond donors (Lipinski definition) is 1. The maximum atomic E-state index is 10.9. The maximum Gasteiger partial charge on any atom is 0.159 e. The molecule has 0 unspecified atom stereocenters. The van der Waals surface area contributed by atoms with Gasteiger partial charge in [-0.25, -0.2) is 9.67 Å². The molecule has 5 heteroatoms. The van der Waals surface area contributed by atoms with Gasteiger partial charge in [-0.1, -0.05) is 0 Å². The fourth-order valence-corrected chi connectivity index (χ4v) is 2.40. The molecule has 0 atom stereocenters. The minimum atomic E-state index is -0.832. The molecule has 1 aromatic heterocycles. The number of rotatable bonds is 1. The van der Waals surface area contributed by atoms with Gasteiger partial charge in [-0.3, -0.25) is 0 Å². The van der Waals surface area contributed by atoms with E-state index in [2.05, 4.69) is 42.8 Å². The van der Waals surface area contributed by atoms with Crippen molar-refractivity contribution in [2.75, 3.05) is 20.1 Å². The number of aromatic nitrogens is 3. The molecule has 0 bridgehead atoms. The lowest BCUT2D eigenvalue weighted by Crippen LogP contribution is -2.44. The van der Waals surface area contributed by atoms with Gasteiger partial charge in [-0.2, -0.15) is 5.10 Å². The summed E-state index contributed by atoms with van der Waals surface area (Å²) < 4.78 is 1.88. The average molecular weight is 252 g/mol. The second-order valence-electron chi connectivity index (χ2n) is 6.40. The summed E-state index contributed by atoms with van der Waals surface area (Å²) in [5, 5.41) is 15.3. The number of hydrogen-bond acceptors (Lipinski definition) is 4. The first kappa shape index (κ1) is 13.5. The lowest BCUT2D eigenvalue weighted by molar-refractivity contribution is -0.0339. The standard InChI is InChI=1S/C13H24N4O/c1-10-14-11(17(15-10)12(2,3)4)13(18)6-8-16(5)9-7-13/h18H,6-9H2,1-5H3. The first-order valence-corrected chi connectivity index (χ1v) is 6.58. The smallest absolute Gasteiger partial charge is 0.159 e. The molecule has 0 amide bonds. The molecule has 1 aliphatic rings. The summed E-state index contributed by atoms with van der Waals surface area (Å²) >= 11 is 0. The monoisotopic (exact) mass is 252 g/mol. The zero-order valence-electron chi connectivity index (χ0n) is 12.1. The van der Waals surface area contributed by atoms with Crippen LogP contribution in [0.5, 0.6) is 0 Å². The molecule has 0 saturated carbocycles. The molecule has 1 fully saturated rings. The summed E-state index contributed by atoms with van der Waals surface area (Å²) in [6.45, 7) is 9.93. The Labute approximate surface area is 109 Å². The van der Waals surface area contributed by atoms with Gasteiger partial charge in [-0.05, 0) is 47.6 Å². The number of likely N-dealkylation sites (tertiary alicyclic amines) is 1. The van der Waals surface area contributed by atoms with Crippen LogP contribution in [0.15, 0.2) is 0 Å². The fraction of sp³-hybridized carbons (Fsp3) is 0.846. The molecule has 0 aromatic carbocycles. The second-order valence-corrected chi connectivity index (χ2v) is 6.40. The fourth-order valence-electron chi connectivity index (χ4n) is 2.40. The molecule has 2 heterocycles. The zero-order chi connectivity index (χ0) is 13.6. The number of aliphatic hydroxyl groups is 1. The van der Waals surface area contributed by atoms with Crippen molar-refractivity contribution in [3.63, 3.8) is 0 Å². The van der Waals surface area contributed by atoms with Gasteiger partial charge in [0.15, 0.2) is 5.82 Å². The largest absolute Gasteiger partial charge is 0.382 e. The molecule has 2 rings (SSSR count). The summed E-state index contributed by atoms with van der Waals surface area (Å²) in [5.41, 5.74) is -0.989. The number of piperidine rings is 1. The summed E-state index contributed by atoms with van der Waals surface area (Å²) in [6, 6.07) is 0. The Balaban J connectivity index is 2.38.